The summed E-state index contributed by atoms with van der Waals surface area (Å²) >= 11 is 0. The van der Waals surface area contributed by atoms with Gasteiger partial charge in [0, 0.05) is 30.5 Å². The Kier molecular flexibility index (Phi) is 6.79. The summed E-state index contributed by atoms with van der Waals surface area (Å²) in [7, 11) is 0. The third-order valence-corrected chi connectivity index (χ3v) is 5.76. The highest BCUT2D eigenvalue weighted by molar-refractivity contribution is 5.90. The first-order valence-corrected chi connectivity index (χ1v) is 11.7. The number of fused-ring (bicyclic) bond motifs is 1. The molecule has 0 spiro atoms. The monoisotopic (exact) mass is 459 g/mol. The van der Waals surface area contributed by atoms with E-state index in [1.54, 1.807) is 6.20 Å². The summed E-state index contributed by atoms with van der Waals surface area (Å²) in [6.07, 6.45) is 1.69. The fourth-order valence-electron chi connectivity index (χ4n) is 3.97. The summed E-state index contributed by atoms with van der Waals surface area (Å²) in [4.78, 5) is 6.72. The van der Waals surface area contributed by atoms with Gasteiger partial charge in [0.05, 0.1) is 25.4 Å². The molecule has 0 bridgehead atoms. The second kappa shape index (κ2) is 9.61. The van der Waals surface area contributed by atoms with Crippen LogP contribution in [0.15, 0.2) is 48.7 Å². The molecule has 0 N–H and O–H groups in total. The summed E-state index contributed by atoms with van der Waals surface area (Å²) in [6, 6.07) is 17.0. The Morgan fingerprint density at radius 3 is 2.41 bits per heavy atom. The van der Waals surface area contributed by atoms with Crippen molar-refractivity contribution in [3.8, 4) is 23.1 Å². The lowest BCUT2D eigenvalue weighted by atomic mass is 9.98. The first-order chi connectivity index (χ1) is 16.1. The van der Waals surface area contributed by atoms with E-state index in [2.05, 4.69) is 52.4 Å². The Bertz CT molecular complexity index is 1200. The van der Waals surface area contributed by atoms with Gasteiger partial charge in [0.25, 0.3) is 0 Å². The van der Waals surface area contributed by atoms with Crippen LogP contribution in [0.5, 0.6) is 5.88 Å². The van der Waals surface area contributed by atoms with Gasteiger partial charge in [-0.2, -0.15) is 5.26 Å². The number of rotatable bonds is 6. The molecule has 4 rings (SSSR count). The van der Waals surface area contributed by atoms with Crippen LogP contribution in [0.3, 0.4) is 0 Å². The van der Waals surface area contributed by atoms with Gasteiger partial charge < -0.3 is 19.1 Å². The van der Waals surface area contributed by atoms with E-state index in [0.717, 1.165) is 48.2 Å². The van der Waals surface area contributed by atoms with Gasteiger partial charge >= 0.3 is 0 Å². The molecule has 6 heteroatoms. The fraction of sp³-hybridized carbons (Fsp3) is 0.429. The van der Waals surface area contributed by atoms with Crippen LogP contribution >= 0.6 is 0 Å². The van der Waals surface area contributed by atoms with Crippen LogP contribution in [0.4, 0.5) is 5.69 Å². The summed E-state index contributed by atoms with van der Waals surface area (Å²) in [6.45, 7) is 13.6. The van der Waals surface area contributed by atoms with Crippen LogP contribution in [0, 0.1) is 11.3 Å². The second-order valence-electron chi connectivity index (χ2n) is 10.3. The van der Waals surface area contributed by atoms with Gasteiger partial charge in [-0.25, -0.2) is 4.98 Å². The maximum atomic E-state index is 9.99. The molecular formula is C28H33N3O3. The highest BCUT2D eigenvalue weighted by Crippen LogP contribution is 2.33. The van der Waals surface area contributed by atoms with Crippen molar-refractivity contribution in [2.45, 2.75) is 45.8 Å². The van der Waals surface area contributed by atoms with Crippen LogP contribution in [-0.4, -0.2) is 49.1 Å². The largest absolute Gasteiger partial charge is 0.468 e. The Morgan fingerprint density at radius 2 is 1.71 bits per heavy atom. The molecular weight excluding hydrogens is 426 g/mol. The van der Waals surface area contributed by atoms with Gasteiger partial charge in [-0.15, -0.1) is 0 Å². The number of morpholine rings is 1. The smallest absolute Gasteiger partial charge is 0.232 e. The molecule has 0 amide bonds. The minimum Gasteiger partial charge on any atom is -0.468 e. The number of anilines is 1. The van der Waals surface area contributed by atoms with Crippen LogP contribution in [0.1, 0.15) is 40.2 Å². The number of hydrogen-bond donors (Lipinski definition) is 0. The maximum absolute atomic E-state index is 9.99. The Labute approximate surface area is 202 Å². The normalized spacial score (nSPS) is 14.8. The molecule has 2 heterocycles. The molecule has 1 aliphatic rings. The molecule has 0 saturated carbocycles. The van der Waals surface area contributed by atoms with E-state index in [-0.39, 0.29) is 5.60 Å². The fourth-order valence-corrected chi connectivity index (χ4v) is 3.97. The minimum atomic E-state index is -0.635. The molecule has 6 nitrogen and oxygen atoms in total. The minimum absolute atomic E-state index is 0.277. The van der Waals surface area contributed by atoms with E-state index in [1.807, 2.05) is 40.7 Å². The molecule has 3 aromatic rings. The van der Waals surface area contributed by atoms with E-state index in [0.29, 0.717) is 18.1 Å². The lowest BCUT2D eigenvalue weighted by Gasteiger charge is -2.30. The van der Waals surface area contributed by atoms with Crippen LogP contribution in [-0.2, 0) is 9.47 Å². The molecule has 34 heavy (non-hydrogen) atoms. The van der Waals surface area contributed by atoms with Gasteiger partial charge in [0.15, 0.2) is 0 Å². The third kappa shape index (κ3) is 5.67. The van der Waals surface area contributed by atoms with Crippen LogP contribution in [0.2, 0.25) is 0 Å². The Hall–Kier alpha value is -3.14. The third-order valence-electron chi connectivity index (χ3n) is 5.76. The van der Waals surface area contributed by atoms with E-state index in [1.165, 1.54) is 5.69 Å². The average molecular weight is 460 g/mol. The number of benzene rings is 2. The number of nitriles is 1. The van der Waals surface area contributed by atoms with Crippen LogP contribution < -0.4 is 9.64 Å². The van der Waals surface area contributed by atoms with Crippen molar-refractivity contribution in [2.24, 2.45) is 0 Å². The molecule has 1 aromatic heterocycles. The number of ether oxygens (including phenoxy) is 3. The number of hydrogen-bond acceptors (Lipinski definition) is 6. The first kappa shape index (κ1) is 24.0. The number of pyridine rings is 1. The van der Waals surface area contributed by atoms with Gasteiger partial charge in [-0.05, 0) is 75.2 Å². The molecule has 178 valence electrons. The summed E-state index contributed by atoms with van der Waals surface area (Å²) in [5.74, 6) is 0.324. The molecule has 0 radical (unpaired) electrons. The predicted octanol–water partition coefficient (Wildman–Crippen LogP) is 5.58. The van der Waals surface area contributed by atoms with E-state index >= 15 is 0 Å². The van der Waals surface area contributed by atoms with Gasteiger partial charge in [0.2, 0.25) is 5.88 Å². The highest BCUT2D eigenvalue weighted by Gasteiger charge is 2.26. The van der Waals surface area contributed by atoms with Gasteiger partial charge in [-0.3, -0.25) is 0 Å². The van der Waals surface area contributed by atoms with Crippen LogP contribution in [0.25, 0.3) is 21.9 Å². The lowest BCUT2D eigenvalue weighted by Crippen LogP contribution is -2.38. The zero-order valence-corrected chi connectivity index (χ0v) is 20.7. The number of nitrogens with zero attached hydrogens (tertiary/aromatic N) is 3. The molecule has 0 atom stereocenters. The van der Waals surface area contributed by atoms with Gasteiger partial charge in [0.1, 0.15) is 17.2 Å². The van der Waals surface area contributed by atoms with E-state index in [9.17, 15) is 5.26 Å². The average Bonchev–Trinajstić information content (AvgIpc) is 2.82. The van der Waals surface area contributed by atoms with Crippen molar-refractivity contribution in [1.29, 1.82) is 5.26 Å². The second-order valence-corrected chi connectivity index (χ2v) is 10.3. The SMILES string of the molecule is CC(C)(C)OCC(C)(C)Oc1nccc(-c2ccc3cc(N4CCOCC4)ccc3c2)c1C#N. The zero-order chi connectivity index (χ0) is 24.3. The maximum Gasteiger partial charge on any atom is 0.232 e. The summed E-state index contributed by atoms with van der Waals surface area (Å²) in [5.41, 5.74) is 2.49. The van der Waals surface area contributed by atoms with Crippen molar-refractivity contribution >= 4 is 16.5 Å². The predicted molar refractivity (Wildman–Crippen MR) is 135 cm³/mol. The zero-order valence-electron chi connectivity index (χ0n) is 20.7. The van der Waals surface area contributed by atoms with Crippen molar-refractivity contribution in [2.75, 3.05) is 37.8 Å². The van der Waals surface area contributed by atoms with Crippen molar-refractivity contribution in [3.63, 3.8) is 0 Å². The Balaban J connectivity index is 1.62. The summed E-state index contributed by atoms with van der Waals surface area (Å²) in [5, 5.41) is 12.3. The standard InChI is InChI=1S/C28H33N3O3/c1-27(2,3)33-19-28(4,5)34-26-25(18-29)24(10-11-30-26)22-7-6-21-17-23(9-8-20(21)16-22)31-12-14-32-15-13-31/h6-11,16-17H,12-15,19H2,1-5H3. The molecule has 1 aliphatic heterocycles. The van der Waals surface area contributed by atoms with E-state index in [4.69, 9.17) is 14.2 Å². The molecule has 1 fully saturated rings. The quantitative estimate of drug-likeness (QED) is 0.479. The topological polar surface area (TPSA) is 67.6 Å². The van der Waals surface area contributed by atoms with E-state index < -0.39 is 5.60 Å². The summed E-state index contributed by atoms with van der Waals surface area (Å²) < 4.78 is 17.6. The Morgan fingerprint density at radius 1 is 1.00 bits per heavy atom. The van der Waals surface area contributed by atoms with Gasteiger partial charge in [-0.1, -0.05) is 18.2 Å². The molecule has 1 saturated heterocycles. The molecule has 0 aliphatic carbocycles. The number of aromatic nitrogens is 1. The van der Waals surface area contributed by atoms with Crippen molar-refractivity contribution in [1.82, 2.24) is 4.98 Å². The van der Waals surface area contributed by atoms with Crippen molar-refractivity contribution in [3.05, 3.63) is 54.2 Å². The molecule has 2 aromatic carbocycles. The lowest BCUT2D eigenvalue weighted by molar-refractivity contribution is -0.0735. The first-order valence-electron chi connectivity index (χ1n) is 11.7. The molecule has 0 unspecified atom stereocenters. The highest BCUT2D eigenvalue weighted by atomic mass is 16.6. The van der Waals surface area contributed by atoms with Crippen molar-refractivity contribution < 1.29 is 14.2 Å².